The number of anilines is 2. The van der Waals surface area contributed by atoms with Gasteiger partial charge in [-0.2, -0.15) is 0 Å². The second-order valence-corrected chi connectivity index (χ2v) is 6.74. The molecule has 0 saturated heterocycles. The number of hydrogen-bond donors (Lipinski definition) is 2. The zero-order chi connectivity index (χ0) is 20.6. The maximum atomic E-state index is 12.6. The van der Waals surface area contributed by atoms with Gasteiger partial charge in [0.15, 0.2) is 0 Å². The normalized spacial score (nSPS) is 10.5. The lowest BCUT2D eigenvalue weighted by Crippen LogP contribution is -2.23. The summed E-state index contributed by atoms with van der Waals surface area (Å²) in [7, 11) is 1.61. The first kappa shape index (κ1) is 20.2. The van der Waals surface area contributed by atoms with Crippen LogP contribution in [0, 0.1) is 0 Å². The number of carbonyl (C=O) groups is 1. The minimum atomic E-state index is -0.209. The van der Waals surface area contributed by atoms with Gasteiger partial charge in [-0.25, -0.2) is 0 Å². The van der Waals surface area contributed by atoms with E-state index in [1.54, 1.807) is 25.6 Å². The van der Waals surface area contributed by atoms with Gasteiger partial charge in [-0.15, -0.1) is 0 Å². The molecule has 0 aliphatic heterocycles. The number of ether oxygens (including phenoxy) is 2. The third-order valence-corrected chi connectivity index (χ3v) is 4.16. The number of hydrogen-bond acceptors (Lipinski definition) is 5. The average Bonchev–Trinajstić information content (AvgIpc) is 2.73. The van der Waals surface area contributed by atoms with E-state index in [9.17, 15) is 4.79 Å². The van der Waals surface area contributed by atoms with Gasteiger partial charge in [-0.3, -0.25) is 9.78 Å². The van der Waals surface area contributed by atoms with Crippen molar-refractivity contribution in [2.24, 2.45) is 0 Å². The summed E-state index contributed by atoms with van der Waals surface area (Å²) < 4.78 is 11.2. The molecule has 29 heavy (non-hydrogen) atoms. The van der Waals surface area contributed by atoms with E-state index in [0.29, 0.717) is 17.8 Å². The summed E-state index contributed by atoms with van der Waals surface area (Å²) in [5, 5.41) is 6.18. The summed E-state index contributed by atoms with van der Waals surface area (Å²) in [4.78, 5) is 16.8. The van der Waals surface area contributed by atoms with E-state index in [2.05, 4.69) is 15.6 Å². The monoisotopic (exact) mass is 391 g/mol. The molecule has 0 bridgehead atoms. The molecule has 0 spiro atoms. The highest BCUT2D eigenvalue weighted by atomic mass is 16.5. The minimum absolute atomic E-state index is 0.0585. The van der Waals surface area contributed by atoms with Crippen molar-refractivity contribution in [3.8, 4) is 11.5 Å². The number of nitrogens with one attached hydrogen (secondary N) is 2. The Hall–Kier alpha value is -3.54. The number of pyridine rings is 1. The average molecular weight is 391 g/mol. The number of nitrogens with zero attached hydrogens (tertiary/aromatic N) is 1. The molecule has 0 unspecified atom stereocenters. The highest BCUT2D eigenvalue weighted by Crippen LogP contribution is 2.28. The molecule has 3 rings (SSSR count). The van der Waals surface area contributed by atoms with Gasteiger partial charge >= 0.3 is 0 Å². The van der Waals surface area contributed by atoms with Crippen molar-refractivity contribution in [3.05, 3.63) is 78.1 Å². The van der Waals surface area contributed by atoms with Crippen molar-refractivity contribution in [2.75, 3.05) is 12.4 Å². The molecular formula is C23H25N3O3. The van der Waals surface area contributed by atoms with Crippen molar-refractivity contribution in [1.82, 2.24) is 10.3 Å². The molecule has 0 aliphatic rings. The fourth-order valence-corrected chi connectivity index (χ4v) is 2.84. The topological polar surface area (TPSA) is 72.5 Å². The third kappa shape index (κ3) is 5.48. The molecule has 0 radical (unpaired) electrons. The molecule has 0 aliphatic carbocycles. The van der Waals surface area contributed by atoms with Gasteiger partial charge in [0.2, 0.25) is 0 Å². The molecule has 6 nitrogen and oxygen atoms in total. The highest BCUT2D eigenvalue weighted by molar-refractivity contribution is 5.94. The van der Waals surface area contributed by atoms with Crippen molar-refractivity contribution < 1.29 is 14.3 Å². The summed E-state index contributed by atoms with van der Waals surface area (Å²) in [5.41, 5.74) is 2.89. The van der Waals surface area contributed by atoms with Gasteiger partial charge in [0.1, 0.15) is 11.5 Å². The van der Waals surface area contributed by atoms with Crippen LogP contribution in [0.3, 0.4) is 0 Å². The Labute approximate surface area is 170 Å². The van der Waals surface area contributed by atoms with E-state index < -0.39 is 0 Å². The lowest BCUT2D eigenvalue weighted by atomic mass is 10.2. The maximum Gasteiger partial charge on any atom is 0.253 e. The van der Waals surface area contributed by atoms with E-state index in [0.717, 1.165) is 22.7 Å². The molecule has 2 aromatic carbocycles. The van der Waals surface area contributed by atoms with Gasteiger partial charge < -0.3 is 20.1 Å². The zero-order valence-electron chi connectivity index (χ0n) is 16.8. The Bertz CT molecular complexity index is 973. The maximum absolute atomic E-state index is 12.6. The van der Waals surface area contributed by atoms with Gasteiger partial charge in [0, 0.05) is 18.3 Å². The molecule has 0 saturated carbocycles. The quantitative estimate of drug-likeness (QED) is 0.589. The van der Waals surface area contributed by atoms with Crippen LogP contribution >= 0.6 is 0 Å². The molecule has 0 atom stereocenters. The molecule has 2 N–H and O–H groups in total. The number of rotatable bonds is 8. The van der Waals surface area contributed by atoms with Crippen molar-refractivity contribution in [2.45, 2.75) is 26.5 Å². The van der Waals surface area contributed by atoms with Crippen LogP contribution in [-0.2, 0) is 6.54 Å². The molecule has 1 aromatic heterocycles. The molecule has 1 heterocycles. The van der Waals surface area contributed by atoms with Crippen LogP contribution in [0.4, 0.5) is 11.4 Å². The van der Waals surface area contributed by atoms with Crippen molar-refractivity contribution in [3.63, 3.8) is 0 Å². The lowest BCUT2D eigenvalue weighted by molar-refractivity contribution is 0.0950. The third-order valence-electron chi connectivity index (χ3n) is 4.16. The number of methoxy groups -OCH3 is 1. The Balaban J connectivity index is 1.70. The largest absolute Gasteiger partial charge is 0.496 e. The van der Waals surface area contributed by atoms with Gasteiger partial charge in [0.05, 0.1) is 36.3 Å². The molecule has 6 heteroatoms. The van der Waals surface area contributed by atoms with Gasteiger partial charge in [-0.05, 0) is 38.1 Å². The van der Waals surface area contributed by atoms with Crippen LogP contribution in [0.1, 0.15) is 29.8 Å². The second kappa shape index (κ2) is 9.59. The van der Waals surface area contributed by atoms with Gasteiger partial charge in [-0.1, -0.05) is 30.3 Å². The summed E-state index contributed by atoms with van der Waals surface area (Å²) in [5.74, 6) is 1.27. The predicted octanol–water partition coefficient (Wildman–Crippen LogP) is 4.55. The van der Waals surface area contributed by atoms with E-state index in [-0.39, 0.29) is 12.0 Å². The molecular weight excluding hydrogens is 366 g/mol. The first-order valence-electron chi connectivity index (χ1n) is 9.44. The van der Waals surface area contributed by atoms with Crippen LogP contribution in [0.5, 0.6) is 11.5 Å². The first-order valence-corrected chi connectivity index (χ1v) is 9.44. The Morgan fingerprint density at radius 2 is 1.76 bits per heavy atom. The number of benzene rings is 2. The lowest BCUT2D eigenvalue weighted by Gasteiger charge is -2.15. The Morgan fingerprint density at radius 3 is 2.52 bits per heavy atom. The predicted molar refractivity (Wildman–Crippen MR) is 114 cm³/mol. The Kier molecular flexibility index (Phi) is 6.68. The summed E-state index contributed by atoms with van der Waals surface area (Å²) >= 11 is 0. The fraction of sp³-hybridized carbons (Fsp3) is 0.217. The minimum Gasteiger partial charge on any atom is -0.496 e. The van der Waals surface area contributed by atoms with E-state index >= 15 is 0 Å². The SMILES string of the molecule is COc1ccccc1CNC(=O)c1cncc(Nc2ccccc2OC(C)C)c1. The van der Waals surface area contributed by atoms with Gasteiger partial charge in [0.25, 0.3) is 5.91 Å². The summed E-state index contributed by atoms with van der Waals surface area (Å²) in [6, 6.07) is 17.0. The zero-order valence-corrected chi connectivity index (χ0v) is 16.8. The van der Waals surface area contributed by atoms with Crippen LogP contribution in [0.2, 0.25) is 0 Å². The highest BCUT2D eigenvalue weighted by Gasteiger charge is 2.10. The summed E-state index contributed by atoms with van der Waals surface area (Å²) in [6.07, 6.45) is 3.27. The second-order valence-electron chi connectivity index (χ2n) is 6.74. The van der Waals surface area contributed by atoms with Crippen molar-refractivity contribution >= 4 is 17.3 Å². The number of carbonyl (C=O) groups excluding carboxylic acids is 1. The molecule has 3 aromatic rings. The van der Waals surface area contributed by atoms with E-state index in [1.807, 2.05) is 62.4 Å². The smallest absolute Gasteiger partial charge is 0.253 e. The van der Waals surface area contributed by atoms with Crippen LogP contribution in [0.15, 0.2) is 67.0 Å². The fourth-order valence-electron chi connectivity index (χ4n) is 2.84. The van der Waals surface area contributed by atoms with Crippen LogP contribution in [-0.4, -0.2) is 24.1 Å². The molecule has 150 valence electrons. The molecule has 1 amide bonds. The van der Waals surface area contributed by atoms with Crippen LogP contribution < -0.4 is 20.1 Å². The number of para-hydroxylation sites is 3. The number of aromatic nitrogens is 1. The first-order chi connectivity index (χ1) is 14.1. The Morgan fingerprint density at radius 1 is 1.03 bits per heavy atom. The van der Waals surface area contributed by atoms with Crippen LogP contribution in [0.25, 0.3) is 0 Å². The van der Waals surface area contributed by atoms with E-state index in [4.69, 9.17) is 9.47 Å². The standard InChI is InChI=1S/C23H25N3O3/c1-16(2)29-22-11-7-5-9-20(22)26-19-12-18(13-24-15-19)23(27)25-14-17-8-4-6-10-21(17)28-3/h4-13,15-16,26H,14H2,1-3H3,(H,25,27). The number of amides is 1. The molecule has 0 fully saturated rings. The summed E-state index contributed by atoms with van der Waals surface area (Å²) in [6.45, 7) is 4.32. The van der Waals surface area contributed by atoms with E-state index in [1.165, 1.54) is 0 Å². The van der Waals surface area contributed by atoms with Crippen molar-refractivity contribution in [1.29, 1.82) is 0 Å².